The van der Waals surface area contributed by atoms with Crippen molar-refractivity contribution in [2.24, 2.45) is 5.92 Å². The molecule has 0 aliphatic carbocycles. The highest BCUT2D eigenvalue weighted by molar-refractivity contribution is 5.75. The van der Waals surface area contributed by atoms with E-state index in [0.29, 0.717) is 18.9 Å². The summed E-state index contributed by atoms with van der Waals surface area (Å²) in [5.41, 5.74) is 1.24. The zero-order valence-corrected chi connectivity index (χ0v) is 14.7. The van der Waals surface area contributed by atoms with Gasteiger partial charge in [0, 0.05) is 20.1 Å². The average Bonchev–Trinajstić information content (AvgIpc) is 2.63. The molecule has 1 atom stereocenters. The van der Waals surface area contributed by atoms with Crippen LogP contribution in [-0.4, -0.2) is 45.9 Å². The first-order valence-corrected chi connectivity index (χ1v) is 8.96. The van der Waals surface area contributed by atoms with Gasteiger partial charge in [-0.2, -0.15) is 0 Å². The van der Waals surface area contributed by atoms with Crippen LogP contribution < -0.4 is 15.4 Å². The fraction of sp³-hybridized carbons (Fsp3) is 0.632. The normalized spacial score (nSPS) is 17.5. The van der Waals surface area contributed by atoms with Gasteiger partial charge in [-0.15, -0.1) is 0 Å². The molecule has 2 rings (SSSR count). The molecule has 1 aromatic carbocycles. The number of hydrogen-bond donors (Lipinski definition) is 2. The van der Waals surface area contributed by atoms with Crippen LogP contribution in [0, 0.1) is 5.92 Å². The predicted octanol–water partition coefficient (Wildman–Crippen LogP) is 2.15. The first-order chi connectivity index (χ1) is 11.8. The van der Waals surface area contributed by atoms with Crippen molar-refractivity contribution in [2.45, 2.75) is 32.1 Å². The van der Waals surface area contributed by atoms with E-state index in [4.69, 9.17) is 9.47 Å². The van der Waals surface area contributed by atoms with Crippen LogP contribution in [0.1, 0.15) is 31.2 Å². The first kappa shape index (κ1) is 18.7. The van der Waals surface area contributed by atoms with Crippen molar-refractivity contribution < 1.29 is 14.3 Å². The maximum Gasteiger partial charge on any atom is 0.220 e. The van der Waals surface area contributed by atoms with Gasteiger partial charge in [-0.3, -0.25) is 4.79 Å². The van der Waals surface area contributed by atoms with Crippen molar-refractivity contribution >= 4 is 5.91 Å². The lowest BCUT2D eigenvalue weighted by Gasteiger charge is -2.22. The van der Waals surface area contributed by atoms with Crippen LogP contribution in [0.3, 0.4) is 0 Å². The van der Waals surface area contributed by atoms with E-state index in [1.54, 1.807) is 7.11 Å². The zero-order valence-electron chi connectivity index (χ0n) is 14.7. The first-order valence-electron chi connectivity index (χ1n) is 8.96. The van der Waals surface area contributed by atoms with E-state index in [1.807, 2.05) is 12.1 Å². The fourth-order valence-corrected chi connectivity index (χ4v) is 2.84. The second-order valence-electron chi connectivity index (χ2n) is 6.36. The molecular weight excluding hydrogens is 304 g/mol. The quantitative estimate of drug-likeness (QED) is 0.644. The molecule has 1 fully saturated rings. The van der Waals surface area contributed by atoms with Crippen LogP contribution in [-0.2, 0) is 16.0 Å². The van der Waals surface area contributed by atoms with E-state index in [-0.39, 0.29) is 5.91 Å². The Balaban J connectivity index is 1.54. The van der Waals surface area contributed by atoms with Crippen LogP contribution in [0.2, 0.25) is 0 Å². The highest BCUT2D eigenvalue weighted by Crippen LogP contribution is 2.13. The minimum Gasteiger partial charge on any atom is -0.494 e. The molecule has 1 amide bonds. The summed E-state index contributed by atoms with van der Waals surface area (Å²) in [5, 5.41) is 6.40. The molecule has 1 heterocycles. The number of benzene rings is 1. The van der Waals surface area contributed by atoms with Crippen molar-refractivity contribution in [1.29, 1.82) is 0 Å². The van der Waals surface area contributed by atoms with Gasteiger partial charge in [0.2, 0.25) is 5.91 Å². The summed E-state index contributed by atoms with van der Waals surface area (Å²) in [7, 11) is 1.71. The molecule has 1 saturated heterocycles. The minimum absolute atomic E-state index is 0.124. The molecule has 0 bridgehead atoms. The third-order valence-electron chi connectivity index (χ3n) is 4.32. The van der Waals surface area contributed by atoms with Gasteiger partial charge in [0.25, 0.3) is 0 Å². The third kappa shape index (κ3) is 7.32. The van der Waals surface area contributed by atoms with Crippen LogP contribution >= 0.6 is 0 Å². The van der Waals surface area contributed by atoms with Gasteiger partial charge in [-0.05, 0) is 62.4 Å². The van der Waals surface area contributed by atoms with Crippen molar-refractivity contribution in [2.75, 3.05) is 40.0 Å². The summed E-state index contributed by atoms with van der Waals surface area (Å²) in [6.07, 6.45) is 4.58. The molecule has 1 aliphatic heterocycles. The van der Waals surface area contributed by atoms with Gasteiger partial charge in [-0.25, -0.2) is 0 Å². The van der Waals surface area contributed by atoms with Crippen LogP contribution in [0.5, 0.6) is 5.75 Å². The Morgan fingerprint density at radius 3 is 2.83 bits per heavy atom. The summed E-state index contributed by atoms with van der Waals surface area (Å²) < 4.78 is 10.8. The molecule has 0 aromatic heterocycles. The number of carbonyl (C=O) groups excluding carboxylic acids is 1. The molecule has 5 heteroatoms. The summed E-state index contributed by atoms with van der Waals surface area (Å²) in [5.74, 6) is 1.56. The number of methoxy groups -OCH3 is 1. The Kier molecular flexibility index (Phi) is 8.63. The van der Waals surface area contributed by atoms with Crippen LogP contribution in [0.4, 0.5) is 0 Å². The van der Waals surface area contributed by atoms with E-state index < -0.39 is 0 Å². The number of carbonyl (C=O) groups is 1. The standard InChI is InChI=1S/C19H30N2O3/c1-23-13-10-16-6-8-18(9-7-16)24-12-3-5-19(22)21-15-17-4-2-11-20-14-17/h6-9,17,20H,2-5,10-15H2,1H3,(H,21,22). The molecule has 0 saturated carbocycles. The molecule has 1 unspecified atom stereocenters. The topological polar surface area (TPSA) is 59.6 Å². The molecule has 134 valence electrons. The average molecular weight is 334 g/mol. The Bertz CT molecular complexity index is 470. The van der Waals surface area contributed by atoms with E-state index >= 15 is 0 Å². The number of amides is 1. The molecule has 5 nitrogen and oxygen atoms in total. The molecule has 0 spiro atoms. The minimum atomic E-state index is 0.124. The Labute approximate surface area is 145 Å². The van der Waals surface area contributed by atoms with Crippen LogP contribution in [0.15, 0.2) is 24.3 Å². The van der Waals surface area contributed by atoms with Gasteiger partial charge in [0.15, 0.2) is 0 Å². The highest BCUT2D eigenvalue weighted by Gasteiger charge is 2.13. The summed E-state index contributed by atoms with van der Waals surface area (Å²) in [6.45, 7) is 4.20. The molecule has 2 N–H and O–H groups in total. The second-order valence-corrected chi connectivity index (χ2v) is 6.36. The second kappa shape index (κ2) is 11.0. The van der Waals surface area contributed by atoms with Crippen molar-refractivity contribution in [1.82, 2.24) is 10.6 Å². The summed E-state index contributed by atoms with van der Waals surface area (Å²) in [6, 6.07) is 8.06. The van der Waals surface area contributed by atoms with Gasteiger partial charge in [-0.1, -0.05) is 12.1 Å². The molecule has 1 aromatic rings. The monoisotopic (exact) mass is 334 g/mol. The highest BCUT2D eigenvalue weighted by atomic mass is 16.5. The number of hydrogen-bond acceptors (Lipinski definition) is 4. The SMILES string of the molecule is COCCc1ccc(OCCCC(=O)NCC2CCCNC2)cc1. The maximum absolute atomic E-state index is 11.8. The largest absolute Gasteiger partial charge is 0.494 e. The van der Waals surface area contributed by atoms with Crippen LogP contribution in [0.25, 0.3) is 0 Å². The lowest BCUT2D eigenvalue weighted by molar-refractivity contribution is -0.121. The molecule has 1 aliphatic rings. The lowest BCUT2D eigenvalue weighted by Crippen LogP contribution is -2.38. The van der Waals surface area contributed by atoms with E-state index in [2.05, 4.69) is 22.8 Å². The van der Waals surface area contributed by atoms with Crippen molar-refractivity contribution in [3.05, 3.63) is 29.8 Å². The Morgan fingerprint density at radius 2 is 2.12 bits per heavy atom. The lowest BCUT2D eigenvalue weighted by atomic mass is 10.00. The molecule has 24 heavy (non-hydrogen) atoms. The zero-order chi connectivity index (χ0) is 17.0. The van der Waals surface area contributed by atoms with Crippen molar-refractivity contribution in [3.63, 3.8) is 0 Å². The Hall–Kier alpha value is -1.59. The summed E-state index contributed by atoms with van der Waals surface area (Å²) in [4.78, 5) is 11.8. The third-order valence-corrected chi connectivity index (χ3v) is 4.32. The fourth-order valence-electron chi connectivity index (χ4n) is 2.84. The Morgan fingerprint density at radius 1 is 1.29 bits per heavy atom. The maximum atomic E-state index is 11.8. The predicted molar refractivity (Wildman–Crippen MR) is 95.4 cm³/mol. The number of rotatable bonds is 10. The number of piperidine rings is 1. The van der Waals surface area contributed by atoms with Gasteiger partial charge < -0.3 is 20.1 Å². The van der Waals surface area contributed by atoms with Gasteiger partial charge in [0.05, 0.1) is 13.2 Å². The van der Waals surface area contributed by atoms with Crippen molar-refractivity contribution in [3.8, 4) is 5.75 Å². The summed E-state index contributed by atoms with van der Waals surface area (Å²) >= 11 is 0. The number of nitrogens with one attached hydrogen (secondary N) is 2. The van der Waals surface area contributed by atoms with E-state index in [0.717, 1.165) is 44.8 Å². The molecular formula is C19H30N2O3. The number of ether oxygens (including phenoxy) is 2. The van der Waals surface area contributed by atoms with E-state index in [9.17, 15) is 4.79 Å². The van der Waals surface area contributed by atoms with Gasteiger partial charge in [0.1, 0.15) is 5.75 Å². The van der Waals surface area contributed by atoms with E-state index in [1.165, 1.54) is 18.4 Å². The molecule has 0 radical (unpaired) electrons. The van der Waals surface area contributed by atoms with Gasteiger partial charge >= 0.3 is 0 Å². The smallest absolute Gasteiger partial charge is 0.220 e.